The van der Waals surface area contributed by atoms with Crippen LogP contribution in [0.5, 0.6) is 5.75 Å². The molecule has 2 spiro atoms. The first kappa shape index (κ1) is 41.9. The minimum absolute atomic E-state index is 0.109. The van der Waals surface area contributed by atoms with E-state index in [2.05, 4.69) is 63.1 Å². The molecule has 7 aliphatic rings. The molecule has 0 amide bonds. The number of methoxy groups -OCH3 is 3. The number of anilines is 1. The van der Waals surface area contributed by atoms with Crippen molar-refractivity contribution in [3.05, 3.63) is 76.4 Å². The van der Waals surface area contributed by atoms with Crippen LogP contribution in [0.2, 0.25) is 0 Å². The van der Waals surface area contributed by atoms with Crippen LogP contribution < -0.4 is 9.64 Å². The second-order valence-corrected chi connectivity index (χ2v) is 20.3. The summed E-state index contributed by atoms with van der Waals surface area (Å²) in [4.78, 5) is 58.7. The molecule has 14 nitrogen and oxygen atoms in total. The lowest BCUT2D eigenvalue weighted by Gasteiger charge is -2.58. The molecule has 10 atom stereocenters. The van der Waals surface area contributed by atoms with Crippen LogP contribution in [0.4, 0.5) is 5.69 Å². The first-order valence-electron chi connectivity index (χ1n) is 22.7. The Kier molecular flexibility index (Phi) is 9.23. The highest BCUT2D eigenvalue weighted by molar-refractivity contribution is 7.13. The number of nitrogens with zero attached hydrogens (tertiary/aromatic N) is 4. The third-order valence-electron chi connectivity index (χ3n) is 16.8. The maximum Gasteiger partial charge on any atom is 0.347 e. The van der Waals surface area contributed by atoms with Crippen LogP contribution in [0.1, 0.15) is 75.3 Å². The van der Waals surface area contributed by atoms with Crippen LogP contribution in [-0.2, 0) is 50.6 Å². The second-order valence-electron chi connectivity index (χ2n) is 19.4. The van der Waals surface area contributed by atoms with Gasteiger partial charge < -0.3 is 38.7 Å². The number of aromatic amines is 1. The largest absolute Gasteiger partial charge is 0.496 e. The number of hydrogen-bond donors (Lipinski definition) is 2. The van der Waals surface area contributed by atoms with Gasteiger partial charge in [0.25, 0.3) is 5.60 Å². The number of thiazole rings is 1. The summed E-state index contributed by atoms with van der Waals surface area (Å²) in [6.45, 7) is 8.81. The Balaban J connectivity index is 1.21. The van der Waals surface area contributed by atoms with Gasteiger partial charge in [-0.2, -0.15) is 0 Å². The number of likely N-dealkylation sites (N-methyl/N-ethyl adjacent to an activating group) is 1. The number of esters is 3. The van der Waals surface area contributed by atoms with Gasteiger partial charge in [0.05, 0.1) is 32.3 Å². The fourth-order valence-corrected chi connectivity index (χ4v) is 15.1. The molecule has 11 rings (SSSR count). The van der Waals surface area contributed by atoms with Gasteiger partial charge in [0.1, 0.15) is 16.2 Å². The molecule has 2 N–H and O–H groups in total. The number of carbonyl (C=O) groups excluding carboxylic acids is 3. The summed E-state index contributed by atoms with van der Waals surface area (Å²) < 4.78 is 31.7. The summed E-state index contributed by atoms with van der Waals surface area (Å²) in [5.74, 6) is -1.16. The predicted octanol–water partition coefficient (Wildman–Crippen LogP) is 5.48. The molecule has 8 heterocycles. The van der Waals surface area contributed by atoms with Gasteiger partial charge in [-0.1, -0.05) is 26.0 Å². The van der Waals surface area contributed by atoms with E-state index in [4.69, 9.17) is 23.7 Å². The van der Waals surface area contributed by atoms with E-state index in [0.717, 1.165) is 44.0 Å². The Morgan fingerprint density at radius 2 is 1.84 bits per heavy atom. The van der Waals surface area contributed by atoms with Crippen molar-refractivity contribution in [1.29, 1.82) is 0 Å². The molecular weight excluding hydrogens is 835 g/mol. The number of aromatic nitrogens is 2. The number of benzene rings is 2. The lowest BCUT2D eigenvalue weighted by Crippen LogP contribution is -2.75. The van der Waals surface area contributed by atoms with Gasteiger partial charge in [-0.25, -0.2) is 9.78 Å². The number of rotatable bonds is 8. The van der Waals surface area contributed by atoms with Gasteiger partial charge in [0.15, 0.2) is 11.8 Å². The van der Waals surface area contributed by atoms with Crippen molar-refractivity contribution in [3.63, 3.8) is 0 Å². The Morgan fingerprint density at radius 3 is 2.55 bits per heavy atom. The number of ether oxygens (including phenoxy) is 5. The average molecular weight is 892 g/mol. The molecule has 1 saturated carbocycles. The number of hydrogen-bond acceptors (Lipinski definition) is 14. The van der Waals surface area contributed by atoms with Gasteiger partial charge in [-0.3, -0.25) is 19.4 Å². The van der Waals surface area contributed by atoms with Crippen molar-refractivity contribution >= 4 is 45.8 Å². The second kappa shape index (κ2) is 14.1. The summed E-state index contributed by atoms with van der Waals surface area (Å²) in [5, 5.41) is 16.0. The molecule has 4 fully saturated rings. The fraction of sp³-hybridized carbons (Fsp3) is 0.551. The zero-order valence-corrected chi connectivity index (χ0v) is 38.4. The maximum atomic E-state index is 15.6. The topological polar surface area (TPSA) is 159 Å². The van der Waals surface area contributed by atoms with Gasteiger partial charge in [-0.15, -0.1) is 11.3 Å². The van der Waals surface area contributed by atoms with E-state index < -0.39 is 57.2 Å². The number of piperidine rings is 1. The van der Waals surface area contributed by atoms with Gasteiger partial charge in [-0.05, 0) is 86.4 Å². The van der Waals surface area contributed by atoms with E-state index in [-0.39, 0.29) is 12.0 Å². The Labute approximate surface area is 376 Å². The number of nitrogens with one attached hydrogen (secondary N) is 1. The highest BCUT2D eigenvalue weighted by Crippen LogP contribution is 2.80. The molecule has 64 heavy (non-hydrogen) atoms. The molecule has 3 saturated heterocycles. The van der Waals surface area contributed by atoms with Crippen molar-refractivity contribution in [2.75, 3.05) is 66.0 Å². The lowest BCUT2D eigenvalue weighted by molar-refractivity contribution is -0.178. The van der Waals surface area contributed by atoms with E-state index in [1.807, 2.05) is 36.5 Å². The normalized spacial score (nSPS) is 36.7. The highest BCUT2D eigenvalue weighted by Gasteiger charge is 2.98. The Hall–Kier alpha value is -4.80. The molecule has 6 aliphatic heterocycles. The van der Waals surface area contributed by atoms with Gasteiger partial charge in [0.2, 0.25) is 0 Å². The van der Waals surface area contributed by atoms with Gasteiger partial charge in [0, 0.05) is 103 Å². The first-order valence-corrected chi connectivity index (χ1v) is 23.6. The Bertz CT molecular complexity index is 2650. The SMILES string of the molecule is CC[C@]1(O)C[C@H]2CN(CCc3c([nH]c4ccc(-c5nccs5)cc34)[C@@](C(=O)OC)(c3cc4c(cc3OC)N(C)[C@@]35O[C@]3(C(=O)OC)[C@H](OC(C)=O)[C@]3(CC)C=CCN6CC[C@]45[C@@H]63)C2)C1. The smallest absolute Gasteiger partial charge is 0.347 e. The average Bonchev–Trinajstić information content (AvgIpc) is 3.74. The molecule has 338 valence electrons. The maximum absolute atomic E-state index is 15.6. The number of aliphatic hydroxyl groups is 1. The van der Waals surface area contributed by atoms with Crippen LogP contribution in [0, 0.1) is 11.3 Å². The Morgan fingerprint density at radius 1 is 1.03 bits per heavy atom. The highest BCUT2D eigenvalue weighted by atomic mass is 32.1. The molecule has 2 aromatic heterocycles. The van der Waals surface area contributed by atoms with Crippen LogP contribution in [0.15, 0.2) is 54.1 Å². The number of H-pyrrole nitrogens is 1. The van der Waals surface area contributed by atoms with Crippen molar-refractivity contribution in [3.8, 4) is 16.3 Å². The zero-order chi connectivity index (χ0) is 44.8. The van der Waals surface area contributed by atoms with Crippen LogP contribution in [0.3, 0.4) is 0 Å². The van der Waals surface area contributed by atoms with Crippen molar-refractivity contribution in [1.82, 2.24) is 19.8 Å². The lowest BCUT2D eigenvalue weighted by atomic mass is 9.49. The fourth-order valence-electron chi connectivity index (χ4n) is 14.4. The summed E-state index contributed by atoms with van der Waals surface area (Å²) in [6, 6.07) is 10.2. The minimum atomic E-state index is -1.67. The van der Waals surface area contributed by atoms with Crippen molar-refractivity contribution in [2.24, 2.45) is 11.3 Å². The predicted molar refractivity (Wildman–Crippen MR) is 239 cm³/mol. The standard InChI is InChI=1S/C49H57N5O9S/c1-8-44(58)24-29-25-46(42(56)60-6,38-31(13-18-53(26-29)27-44)32-21-30(11-12-35(32)51-38)39-50-16-20-64-39)34-22-33-36(23-37(34)59-5)52(4)49-47(33)15-19-54-17-10-14-45(9-2,40(47)54)41(62-28(3)55)48(49,63-49)43(57)61-7/h10-12,14,16,20-23,29,40-41,51,58H,8-9,13,15,17-19,24-27H2,1-7H3/t29-,40+,41-,44+,45-,46+,47-,48+,49+/m1/s1. The molecule has 0 radical (unpaired) electrons. The van der Waals surface area contributed by atoms with Crippen LogP contribution >= 0.6 is 11.3 Å². The summed E-state index contributed by atoms with van der Waals surface area (Å²) in [6.07, 6.45) is 8.31. The summed E-state index contributed by atoms with van der Waals surface area (Å²) in [5.41, 5.74) is -1.06. The van der Waals surface area contributed by atoms with E-state index >= 15 is 4.79 Å². The molecule has 15 heteroatoms. The minimum Gasteiger partial charge on any atom is -0.496 e. The molecule has 1 aliphatic carbocycles. The van der Waals surface area contributed by atoms with Crippen LogP contribution in [-0.4, -0.2) is 133 Å². The third kappa shape index (κ3) is 4.99. The van der Waals surface area contributed by atoms with Crippen molar-refractivity contribution in [2.45, 2.75) is 99.2 Å². The monoisotopic (exact) mass is 891 g/mol. The van der Waals surface area contributed by atoms with Crippen LogP contribution in [0.25, 0.3) is 21.5 Å². The quantitative estimate of drug-likeness (QED) is 0.0993. The van der Waals surface area contributed by atoms with Crippen molar-refractivity contribution < 1.29 is 43.2 Å². The number of fused-ring (bicyclic) bond motifs is 6. The van der Waals surface area contributed by atoms with E-state index in [1.54, 1.807) is 18.4 Å². The molecule has 4 aromatic rings. The number of carbonyl (C=O) groups is 3. The zero-order valence-electron chi connectivity index (χ0n) is 37.6. The van der Waals surface area contributed by atoms with E-state index in [0.29, 0.717) is 82.6 Å². The third-order valence-corrected chi connectivity index (χ3v) is 17.6. The number of epoxide rings is 1. The summed E-state index contributed by atoms with van der Waals surface area (Å²) >= 11 is 1.58. The first-order chi connectivity index (χ1) is 30.8. The molecule has 2 bridgehead atoms. The van der Waals surface area contributed by atoms with E-state index in [9.17, 15) is 14.7 Å². The molecule has 2 aromatic carbocycles. The van der Waals surface area contributed by atoms with Gasteiger partial charge >= 0.3 is 17.9 Å². The molecular formula is C49H57N5O9S. The summed E-state index contributed by atoms with van der Waals surface area (Å²) in [7, 11) is 6.38. The molecule has 1 unspecified atom stereocenters. The van der Waals surface area contributed by atoms with E-state index in [1.165, 1.54) is 21.1 Å².